The Balaban J connectivity index is 2.37. The molecule has 0 radical (unpaired) electrons. The summed E-state index contributed by atoms with van der Waals surface area (Å²) in [5, 5.41) is -0.158. The van der Waals surface area contributed by atoms with Gasteiger partial charge in [0.25, 0.3) is 0 Å². The molecule has 1 heterocycles. The summed E-state index contributed by atoms with van der Waals surface area (Å²) in [6.07, 6.45) is 7.08. The fourth-order valence-corrected chi connectivity index (χ4v) is 3.28. The Hall–Kier alpha value is -0.530. The van der Waals surface area contributed by atoms with Crippen LogP contribution in [0.4, 0.5) is 0 Å². The van der Waals surface area contributed by atoms with Crippen LogP contribution in [0.1, 0.15) is 37.4 Å². The number of hydrogen-bond acceptors (Lipinski definition) is 5. The number of nitrogens with two attached hydrogens (primary N) is 1. The van der Waals surface area contributed by atoms with Gasteiger partial charge >= 0.3 is 0 Å². The molecule has 0 aromatic carbocycles. The van der Waals surface area contributed by atoms with Gasteiger partial charge in [-0.05, 0) is 34.7 Å². The van der Waals surface area contributed by atoms with Gasteiger partial charge in [0.05, 0.1) is 16.2 Å². The third-order valence-electron chi connectivity index (χ3n) is 3.30. The number of hydrogen-bond donors (Lipinski definition) is 1. The van der Waals surface area contributed by atoms with Crippen molar-refractivity contribution in [3.8, 4) is 0 Å². The van der Waals surface area contributed by atoms with E-state index in [4.69, 9.17) is 5.73 Å². The van der Waals surface area contributed by atoms with Crippen LogP contribution in [-0.4, -0.2) is 24.6 Å². The average Bonchev–Trinajstić information content (AvgIpc) is 2.80. The van der Waals surface area contributed by atoms with Crippen molar-refractivity contribution in [2.45, 2.75) is 36.9 Å². The zero-order chi connectivity index (χ0) is 13.3. The van der Waals surface area contributed by atoms with Crippen LogP contribution in [0.2, 0.25) is 0 Å². The van der Waals surface area contributed by atoms with Crippen LogP contribution >= 0.6 is 15.9 Å². The van der Waals surface area contributed by atoms with Crippen molar-refractivity contribution < 1.29 is 8.42 Å². The number of rotatable bonds is 3. The number of nitrogens with zero attached hydrogens (tertiary/aromatic N) is 2. The van der Waals surface area contributed by atoms with Crippen LogP contribution in [-0.2, 0) is 9.84 Å². The maximum absolute atomic E-state index is 11.5. The maximum atomic E-state index is 11.5. The fraction of sp³-hybridized carbons (Fsp3) is 0.636. The molecule has 0 spiro atoms. The molecule has 1 saturated carbocycles. The molecule has 0 aliphatic heterocycles. The van der Waals surface area contributed by atoms with E-state index in [0.29, 0.717) is 16.1 Å². The van der Waals surface area contributed by atoms with Gasteiger partial charge in [0.1, 0.15) is 0 Å². The molecule has 7 heteroatoms. The predicted octanol–water partition coefficient (Wildman–Crippen LogP) is 1.83. The van der Waals surface area contributed by atoms with Gasteiger partial charge < -0.3 is 5.73 Å². The summed E-state index contributed by atoms with van der Waals surface area (Å²) in [5.74, 6) is 0.378. The predicted molar refractivity (Wildman–Crippen MR) is 71.7 cm³/mol. The lowest BCUT2D eigenvalue weighted by molar-refractivity contribution is 0.431. The first-order chi connectivity index (χ1) is 8.39. The number of halogens is 1. The topological polar surface area (TPSA) is 85.9 Å². The van der Waals surface area contributed by atoms with E-state index in [1.807, 2.05) is 0 Å². The molecule has 1 atom stereocenters. The van der Waals surface area contributed by atoms with E-state index < -0.39 is 9.84 Å². The van der Waals surface area contributed by atoms with Gasteiger partial charge in [0.15, 0.2) is 0 Å². The van der Waals surface area contributed by atoms with Crippen LogP contribution < -0.4 is 5.73 Å². The van der Waals surface area contributed by atoms with Crippen LogP contribution in [0.15, 0.2) is 15.8 Å². The van der Waals surface area contributed by atoms with Crippen LogP contribution in [0.3, 0.4) is 0 Å². The Morgan fingerprint density at radius 2 is 2.06 bits per heavy atom. The summed E-state index contributed by atoms with van der Waals surface area (Å²) >= 11 is 3.35. The second-order valence-electron chi connectivity index (χ2n) is 4.73. The summed E-state index contributed by atoms with van der Waals surface area (Å²) in [6, 6.07) is -0.231. The normalized spacial score (nSPS) is 19.1. The van der Waals surface area contributed by atoms with Crippen LogP contribution in [0.25, 0.3) is 0 Å². The highest BCUT2D eigenvalue weighted by molar-refractivity contribution is 9.10. The molecule has 1 aromatic heterocycles. The van der Waals surface area contributed by atoms with Gasteiger partial charge in [-0.2, -0.15) is 0 Å². The van der Waals surface area contributed by atoms with Crippen molar-refractivity contribution in [2.75, 3.05) is 6.26 Å². The molecule has 1 aliphatic rings. The molecule has 0 amide bonds. The molecule has 0 bridgehead atoms. The Kier molecular flexibility index (Phi) is 4.03. The lowest BCUT2D eigenvalue weighted by Gasteiger charge is -2.19. The third-order valence-corrected chi connectivity index (χ3v) is 4.78. The van der Waals surface area contributed by atoms with Crippen molar-refractivity contribution in [3.05, 3.63) is 16.4 Å². The van der Waals surface area contributed by atoms with Crippen molar-refractivity contribution in [1.82, 2.24) is 9.97 Å². The Bertz CT molecular complexity index is 541. The Labute approximate surface area is 115 Å². The number of aromatic nitrogens is 2. The molecule has 18 heavy (non-hydrogen) atoms. The molecular weight excluding hydrogens is 318 g/mol. The van der Waals surface area contributed by atoms with Gasteiger partial charge in [-0.3, -0.25) is 0 Å². The monoisotopic (exact) mass is 333 g/mol. The second-order valence-corrected chi connectivity index (χ2v) is 7.49. The first-order valence-electron chi connectivity index (χ1n) is 5.87. The molecule has 1 aromatic rings. The third kappa shape index (κ3) is 2.89. The van der Waals surface area contributed by atoms with E-state index in [1.54, 1.807) is 0 Å². The fourth-order valence-electron chi connectivity index (χ4n) is 2.32. The summed E-state index contributed by atoms with van der Waals surface area (Å²) in [6.45, 7) is 0. The Morgan fingerprint density at radius 3 is 2.61 bits per heavy atom. The minimum atomic E-state index is -3.40. The van der Waals surface area contributed by atoms with E-state index in [2.05, 4.69) is 25.9 Å². The molecule has 0 saturated heterocycles. The molecule has 1 fully saturated rings. The van der Waals surface area contributed by atoms with Crippen molar-refractivity contribution in [1.29, 1.82) is 0 Å². The largest absolute Gasteiger partial charge is 0.322 e. The molecule has 100 valence electrons. The van der Waals surface area contributed by atoms with E-state index in [0.717, 1.165) is 19.1 Å². The SMILES string of the molecule is CS(=O)(=O)c1ncc(Br)c(C(N)C2CCCC2)n1. The quantitative estimate of drug-likeness (QED) is 0.853. The lowest BCUT2D eigenvalue weighted by Crippen LogP contribution is -2.22. The summed E-state index contributed by atoms with van der Waals surface area (Å²) < 4.78 is 23.6. The van der Waals surface area contributed by atoms with Crippen molar-refractivity contribution in [2.24, 2.45) is 11.7 Å². The molecule has 1 unspecified atom stereocenters. The van der Waals surface area contributed by atoms with Crippen LogP contribution in [0, 0.1) is 5.92 Å². The Morgan fingerprint density at radius 1 is 1.44 bits per heavy atom. The highest BCUT2D eigenvalue weighted by atomic mass is 79.9. The van der Waals surface area contributed by atoms with E-state index >= 15 is 0 Å². The molecular formula is C11H16BrN3O2S. The zero-order valence-electron chi connectivity index (χ0n) is 10.1. The summed E-state index contributed by atoms with van der Waals surface area (Å²) in [7, 11) is -3.40. The minimum absolute atomic E-state index is 0.158. The second kappa shape index (κ2) is 5.22. The number of sulfone groups is 1. The van der Waals surface area contributed by atoms with Gasteiger partial charge in [0.2, 0.25) is 15.0 Å². The standard InChI is InChI=1S/C11H16BrN3O2S/c1-18(16,17)11-14-6-8(12)10(15-11)9(13)7-4-2-3-5-7/h6-7,9H,2-5,13H2,1H3. The van der Waals surface area contributed by atoms with Gasteiger partial charge in [-0.15, -0.1) is 0 Å². The van der Waals surface area contributed by atoms with Gasteiger partial charge in [-0.25, -0.2) is 18.4 Å². The molecule has 5 nitrogen and oxygen atoms in total. The van der Waals surface area contributed by atoms with Crippen molar-refractivity contribution in [3.63, 3.8) is 0 Å². The first kappa shape index (κ1) is 13.9. The average molecular weight is 334 g/mol. The van der Waals surface area contributed by atoms with E-state index in [9.17, 15) is 8.42 Å². The van der Waals surface area contributed by atoms with E-state index in [1.165, 1.54) is 19.0 Å². The molecule has 1 aliphatic carbocycles. The van der Waals surface area contributed by atoms with Gasteiger partial charge in [-0.1, -0.05) is 12.8 Å². The van der Waals surface area contributed by atoms with Crippen molar-refractivity contribution >= 4 is 25.8 Å². The minimum Gasteiger partial charge on any atom is -0.322 e. The van der Waals surface area contributed by atoms with Gasteiger partial charge in [0, 0.05) is 12.5 Å². The molecule has 2 rings (SSSR count). The first-order valence-corrected chi connectivity index (χ1v) is 8.56. The van der Waals surface area contributed by atoms with E-state index in [-0.39, 0.29) is 11.2 Å². The smallest absolute Gasteiger partial charge is 0.247 e. The summed E-state index contributed by atoms with van der Waals surface area (Å²) in [4.78, 5) is 7.93. The highest BCUT2D eigenvalue weighted by Gasteiger charge is 2.27. The zero-order valence-corrected chi connectivity index (χ0v) is 12.5. The highest BCUT2D eigenvalue weighted by Crippen LogP contribution is 2.35. The summed E-state index contributed by atoms with van der Waals surface area (Å²) in [5.41, 5.74) is 6.79. The lowest BCUT2D eigenvalue weighted by atomic mass is 9.96. The maximum Gasteiger partial charge on any atom is 0.247 e. The molecule has 2 N–H and O–H groups in total. The van der Waals surface area contributed by atoms with Crippen LogP contribution in [0.5, 0.6) is 0 Å².